The lowest BCUT2D eigenvalue weighted by Gasteiger charge is -2.08. The molecule has 0 spiro atoms. The molecule has 0 bridgehead atoms. The highest BCUT2D eigenvalue weighted by atomic mass is 14.7. The molecule has 0 aliphatic carbocycles. The molecule has 0 aromatic heterocycles. The largest absolute Gasteiger partial charge is 0.296 e. The van der Waals surface area contributed by atoms with E-state index in [2.05, 4.69) is 47.4 Å². The first-order chi connectivity index (χ1) is 12.0. The van der Waals surface area contributed by atoms with Gasteiger partial charge in [0.15, 0.2) is 0 Å². The molecule has 0 N–H and O–H groups in total. The van der Waals surface area contributed by atoms with E-state index in [0.29, 0.717) is 0 Å². The summed E-state index contributed by atoms with van der Waals surface area (Å²) in [7, 11) is 1.76. The van der Waals surface area contributed by atoms with Crippen LogP contribution >= 0.6 is 0 Å². The quantitative estimate of drug-likeness (QED) is 0.420. The number of hydrogen-bond donors (Lipinski definition) is 0. The topological polar surface area (TPSA) is 24.7 Å². The van der Waals surface area contributed by atoms with E-state index in [1.54, 1.807) is 7.05 Å². The SMILES string of the molecule is C=C/C(=C\C)c1cccc(C(C)=N/C=C(C(=C)C)/C(C=NC)=C/C)c1. The fraction of sp³-hybridized carbons (Fsp3) is 0.217. The average Bonchev–Trinajstić information content (AvgIpc) is 2.61. The Kier molecular flexibility index (Phi) is 8.28. The van der Waals surface area contributed by atoms with Gasteiger partial charge in [0.25, 0.3) is 0 Å². The van der Waals surface area contributed by atoms with Gasteiger partial charge in [-0.1, -0.05) is 49.6 Å². The van der Waals surface area contributed by atoms with Crippen LogP contribution in [0.3, 0.4) is 0 Å². The smallest absolute Gasteiger partial charge is 0.0445 e. The van der Waals surface area contributed by atoms with Gasteiger partial charge >= 0.3 is 0 Å². The molecule has 0 aliphatic heterocycles. The van der Waals surface area contributed by atoms with Crippen molar-refractivity contribution in [3.05, 3.63) is 89.7 Å². The van der Waals surface area contributed by atoms with Gasteiger partial charge in [-0.2, -0.15) is 0 Å². The van der Waals surface area contributed by atoms with Gasteiger partial charge in [0.05, 0.1) is 0 Å². The lowest BCUT2D eigenvalue weighted by molar-refractivity contribution is 1.34. The van der Waals surface area contributed by atoms with Crippen LogP contribution in [0, 0.1) is 0 Å². The molecule has 1 aromatic rings. The summed E-state index contributed by atoms with van der Waals surface area (Å²) in [6.07, 6.45) is 9.63. The monoisotopic (exact) mass is 332 g/mol. The lowest BCUT2D eigenvalue weighted by Crippen LogP contribution is -1.97. The summed E-state index contributed by atoms with van der Waals surface area (Å²) in [5, 5.41) is 0. The maximum absolute atomic E-state index is 4.67. The fourth-order valence-electron chi connectivity index (χ4n) is 2.43. The molecule has 130 valence electrons. The third-order valence-corrected chi connectivity index (χ3v) is 3.88. The van der Waals surface area contributed by atoms with Gasteiger partial charge in [-0.25, -0.2) is 0 Å². The summed E-state index contributed by atoms with van der Waals surface area (Å²) < 4.78 is 0. The van der Waals surface area contributed by atoms with Crippen LogP contribution < -0.4 is 0 Å². The van der Waals surface area contributed by atoms with Crippen LogP contribution in [0.2, 0.25) is 0 Å². The van der Waals surface area contributed by atoms with Gasteiger partial charge in [-0.05, 0) is 61.6 Å². The van der Waals surface area contributed by atoms with Crippen LogP contribution in [0.4, 0.5) is 0 Å². The summed E-state index contributed by atoms with van der Waals surface area (Å²) in [4.78, 5) is 8.77. The first kappa shape index (κ1) is 20.3. The molecule has 25 heavy (non-hydrogen) atoms. The highest BCUT2D eigenvalue weighted by molar-refractivity contribution is 6.00. The van der Waals surface area contributed by atoms with Crippen LogP contribution in [0.5, 0.6) is 0 Å². The van der Waals surface area contributed by atoms with E-state index in [1.807, 2.05) is 58.3 Å². The number of aliphatic imine (C=N–C) groups is 2. The maximum Gasteiger partial charge on any atom is 0.0445 e. The average molecular weight is 332 g/mol. The van der Waals surface area contributed by atoms with Crippen molar-refractivity contribution in [3.8, 4) is 0 Å². The number of benzene rings is 1. The zero-order valence-corrected chi connectivity index (χ0v) is 16.0. The highest BCUT2D eigenvalue weighted by Crippen LogP contribution is 2.19. The molecule has 1 rings (SSSR count). The molecule has 0 saturated carbocycles. The van der Waals surface area contributed by atoms with E-state index < -0.39 is 0 Å². The van der Waals surface area contributed by atoms with Crippen LogP contribution in [-0.4, -0.2) is 19.0 Å². The molecule has 0 atom stereocenters. The minimum absolute atomic E-state index is 0.948. The molecule has 1 aromatic carbocycles. The molecular formula is C23H28N2. The van der Waals surface area contributed by atoms with E-state index >= 15 is 0 Å². The molecule has 0 fully saturated rings. The Hall–Kier alpha value is -2.74. The van der Waals surface area contributed by atoms with Crippen molar-refractivity contribution in [2.24, 2.45) is 9.98 Å². The van der Waals surface area contributed by atoms with Crippen molar-refractivity contribution in [3.63, 3.8) is 0 Å². The Morgan fingerprint density at radius 2 is 1.76 bits per heavy atom. The van der Waals surface area contributed by atoms with Gasteiger partial charge in [0.2, 0.25) is 0 Å². The first-order valence-electron chi connectivity index (χ1n) is 8.37. The van der Waals surface area contributed by atoms with Gasteiger partial charge in [0.1, 0.15) is 0 Å². The third-order valence-electron chi connectivity index (χ3n) is 3.88. The molecule has 0 radical (unpaired) electrons. The van der Waals surface area contributed by atoms with Gasteiger partial charge in [-0.3, -0.25) is 9.98 Å². The fourth-order valence-corrected chi connectivity index (χ4v) is 2.43. The Bertz CT molecular complexity index is 784. The Balaban J connectivity index is 3.29. The minimum Gasteiger partial charge on any atom is -0.296 e. The molecular weight excluding hydrogens is 304 g/mol. The second kappa shape index (κ2) is 10.2. The predicted molar refractivity (Wildman–Crippen MR) is 114 cm³/mol. The normalized spacial score (nSPS) is 14.1. The molecule has 0 heterocycles. The summed E-state index contributed by atoms with van der Waals surface area (Å²) in [6.45, 7) is 15.9. The van der Waals surface area contributed by atoms with Crippen molar-refractivity contribution in [2.75, 3.05) is 7.05 Å². The number of allylic oxidation sites excluding steroid dienone is 7. The Morgan fingerprint density at radius 3 is 2.28 bits per heavy atom. The van der Waals surface area contributed by atoms with Crippen molar-refractivity contribution >= 4 is 17.5 Å². The second-order valence-corrected chi connectivity index (χ2v) is 5.70. The van der Waals surface area contributed by atoms with E-state index in [9.17, 15) is 0 Å². The van der Waals surface area contributed by atoms with Gasteiger partial charge in [-0.15, -0.1) is 0 Å². The van der Waals surface area contributed by atoms with E-state index in [1.165, 1.54) is 0 Å². The first-order valence-corrected chi connectivity index (χ1v) is 8.37. The summed E-state index contributed by atoms with van der Waals surface area (Å²) >= 11 is 0. The van der Waals surface area contributed by atoms with Gasteiger partial charge in [0, 0.05) is 30.7 Å². The molecule has 0 aliphatic rings. The Labute approximate surface area is 152 Å². The van der Waals surface area contributed by atoms with Crippen molar-refractivity contribution in [1.82, 2.24) is 0 Å². The predicted octanol–water partition coefficient (Wildman–Crippen LogP) is 6.19. The Morgan fingerprint density at radius 1 is 1.08 bits per heavy atom. The zero-order chi connectivity index (χ0) is 18.8. The number of rotatable bonds is 7. The summed E-state index contributed by atoms with van der Waals surface area (Å²) in [6, 6.07) is 8.32. The summed E-state index contributed by atoms with van der Waals surface area (Å²) in [5.41, 5.74) is 7.25. The van der Waals surface area contributed by atoms with E-state index in [4.69, 9.17) is 0 Å². The van der Waals surface area contributed by atoms with Crippen molar-refractivity contribution in [1.29, 1.82) is 0 Å². The minimum atomic E-state index is 0.948. The van der Waals surface area contributed by atoms with E-state index in [0.717, 1.165) is 39.1 Å². The van der Waals surface area contributed by atoms with Crippen LogP contribution in [0.1, 0.15) is 38.8 Å². The van der Waals surface area contributed by atoms with Gasteiger partial charge < -0.3 is 0 Å². The molecule has 0 saturated heterocycles. The molecule has 2 heteroatoms. The van der Waals surface area contributed by atoms with E-state index in [-0.39, 0.29) is 0 Å². The maximum atomic E-state index is 4.67. The van der Waals surface area contributed by atoms with Crippen molar-refractivity contribution in [2.45, 2.75) is 27.7 Å². The van der Waals surface area contributed by atoms with Crippen molar-refractivity contribution < 1.29 is 0 Å². The molecule has 2 nitrogen and oxygen atoms in total. The lowest BCUT2D eigenvalue weighted by atomic mass is 10.0. The zero-order valence-electron chi connectivity index (χ0n) is 16.0. The number of nitrogens with zero attached hydrogens (tertiary/aromatic N) is 2. The molecule has 0 unspecified atom stereocenters. The van der Waals surface area contributed by atoms with Crippen LogP contribution in [0.15, 0.2) is 88.6 Å². The van der Waals surface area contributed by atoms with Crippen LogP contribution in [0.25, 0.3) is 5.57 Å². The summed E-state index contributed by atoms with van der Waals surface area (Å²) in [5.74, 6) is 0. The number of hydrogen-bond acceptors (Lipinski definition) is 2. The van der Waals surface area contributed by atoms with Crippen LogP contribution in [-0.2, 0) is 0 Å². The molecule has 0 amide bonds. The third kappa shape index (κ3) is 5.68. The second-order valence-electron chi connectivity index (χ2n) is 5.70. The highest BCUT2D eigenvalue weighted by Gasteiger charge is 2.04. The standard InChI is InChI=1S/C23H28N2/c1-8-19(9-2)22-13-11-12-21(14-22)18(6)25-16-23(17(4)5)20(10-3)15-24-7/h8-16H,1,4H2,2-3,5-7H3/b19-9+,20-10+,23-16+,24-15?,25-18?.